The van der Waals surface area contributed by atoms with Crippen molar-refractivity contribution >= 4 is 22.8 Å². The minimum atomic E-state index is -0.424. The van der Waals surface area contributed by atoms with Crippen LogP contribution in [0, 0.1) is 10.1 Å². The van der Waals surface area contributed by atoms with Gasteiger partial charge in [-0.15, -0.1) is 0 Å². The third kappa shape index (κ3) is 5.29. The number of rotatable bonds is 9. The van der Waals surface area contributed by atoms with Crippen molar-refractivity contribution in [3.63, 3.8) is 0 Å². The van der Waals surface area contributed by atoms with E-state index in [4.69, 9.17) is 0 Å². The van der Waals surface area contributed by atoms with E-state index >= 15 is 0 Å². The first-order valence-corrected chi connectivity index (χ1v) is 9.82. The molecule has 5 nitrogen and oxygen atoms in total. The summed E-state index contributed by atoms with van der Waals surface area (Å²) >= 11 is 0. The van der Waals surface area contributed by atoms with Crippen LogP contribution in [0.1, 0.15) is 47.7 Å². The van der Waals surface area contributed by atoms with Crippen molar-refractivity contribution in [1.82, 2.24) is 0 Å². The van der Waals surface area contributed by atoms with Gasteiger partial charge in [0.1, 0.15) is 5.69 Å². The molecule has 3 rings (SSSR count). The highest BCUT2D eigenvalue weighted by Crippen LogP contribution is 2.27. The van der Waals surface area contributed by atoms with E-state index in [1.165, 1.54) is 24.5 Å². The molecule has 0 aliphatic rings. The van der Waals surface area contributed by atoms with Gasteiger partial charge in [0, 0.05) is 22.9 Å². The van der Waals surface area contributed by atoms with Gasteiger partial charge in [-0.05, 0) is 48.7 Å². The second-order valence-corrected chi connectivity index (χ2v) is 6.96. The Balaban J connectivity index is 1.68. The van der Waals surface area contributed by atoms with Gasteiger partial charge in [0.15, 0.2) is 5.78 Å². The van der Waals surface area contributed by atoms with Gasteiger partial charge in [-0.25, -0.2) is 0 Å². The van der Waals surface area contributed by atoms with Gasteiger partial charge >= 0.3 is 0 Å². The SMILES string of the molecule is CCCCCc1ccc(C(=O)c2ccc(Nc3ccccc3[N+](=O)[O-])cc2)cc1. The third-order valence-corrected chi connectivity index (χ3v) is 4.81. The first-order chi connectivity index (χ1) is 14.1. The first-order valence-electron chi connectivity index (χ1n) is 9.82. The van der Waals surface area contributed by atoms with E-state index in [-0.39, 0.29) is 11.5 Å². The first kappa shape index (κ1) is 20.3. The summed E-state index contributed by atoms with van der Waals surface area (Å²) in [6.45, 7) is 2.18. The molecule has 0 fully saturated rings. The number of aryl methyl sites for hydroxylation is 1. The van der Waals surface area contributed by atoms with Gasteiger partial charge in [0.25, 0.3) is 5.69 Å². The van der Waals surface area contributed by atoms with E-state index in [1.54, 1.807) is 42.5 Å². The number of hydrogen-bond acceptors (Lipinski definition) is 4. The Labute approximate surface area is 170 Å². The zero-order valence-electron chi connectivity index (χ0n) is 16.4. The number of nitro benzene ring substituents is 1. The highest BCUT2D eigenvalue weighted by molar-refractivity contribution is 6.09. The van der Waals surface area contributed by atoms with Crippen molar-refractivity contribution < 1.29 is 9.72 Å². The van der Waals surface area contributed by atoms with E-state index in [2.05, 4.69) is 12.2 Å². The quantitative estimate of drug-likeness (QED) is 0.202. The Hall–Kier alpha value is -3.47. The van der Waals surface area contributed by atoms with E-state index in [1.807, 2.05) is 24.3 Å². The highest BCUT2D eigenvalue weighted by atomic mass is 16.6. The van der Waals surface area contributed by atoms with Crippen LogP contribution in [0.4, 0.5) is 17.1 Å². The molecule has 0 saturated heterocycles. The normalized spacial score (nSPS) is 10.5. The topological polar surface area (TPSA) is 72.2 Å². The number of nitrogens with zero attached hydrogens (tertiary/aromatic N) is 1. The van der Waals surface area contributed by atoms with Gasteiger partial charge in [0.2, 0.25) is 0 Å². The number of carbonyl (C=O) groups excluding carboxylic acids is 1. The maximum Gasteiger partial charge on any atom is 0.292 e. The molecule has 0 aliphatic heterocycles. The summed E-state index contributed by atoms with van der Waals surface area (Å²) in [6, 6.07) is 21.2. The molecule has 0 saturated carbocycles. The molecule has 29 heavy (non-hydrogen) atoms. The lowest BCUT2D eigenvalue weighted by Crippen LogP contribution is -2.02. The Morgan fingerprint density at radius 1 is 0.897 bits per heavy atom. The Morgan fingerprint density at radius 2 is 1.52 bits per heavy atom. The maximum atomic E-state index is 12.7. The standard InChI is InChI=1S/C24H24N2O3/c1-2-3-4-7-18-10-12-19(13-11-18)24(27)20-14-16-21(17-15-20)25-22-8-5-6-9-23(22)26(28)29/h5-6,8-17,25H,2-4,7H2,1H3. The van der Waals surface area contributed by atoms with Crippen LogP contribution in [-0.2, 0) is 6.42 Å². The molecule has 3 aromatic rings. The van der Waals surface area contributed by atoms with Crippen molar-refractivity contribution in [2.75, 3.05) is 5.32 Å². The Bertz CT molecular complexity index is 980. The number of nitro groups is 1. The summed E-state index contributed by atoms with van der Waals surface area (Å²) in [4.78, 5) is 23.4. The fourth-order valence-electron chi connectivity index (χ4n) is 3.17. The fourth-order valence-corrected chi connectivity index (χ4v) is 3.17. The van der Waals surface area contributed by atoms with Crippen molar-refractivity contribution in [3.8, 4) is 0 Å². The van der Waals surface area contributed by atoms with Crippen molar-refractivity contribution in [3.05, 3.63) is 99.6 Å². The molecule has 0 heterocycles. The van der Waals surface area contributed by atoms with Gasteiger partial charge in [-0.2, -0.15) is 0 Å². The van der Waals surface area contributed by atoms with Gasteiger partial charge in [-0.1, -0.05) is 56.2 Å². The number of anilines is 2. The molecule has 1 N–H and O–H groups in total. The van der Waals surface area contributed by atoms with Crippen LogP contribution in [0.5, 0.6) is 0 Å². The summed E-state index contributed by atoms with van der Waals surface area (Å²) in [5.41, 5.74) is 3.59. The van der Waals surface area contributed by atoms with Crippen LogP contribution in [0.3, 0.4) is 0 Å². The molecule has 0 aliphatic carbocycles. The van der Waals surface area contributed by atoms with Crippen molar-refractivity contribution in [2.24, 2.45) is 0 Å². The molecule has 0 amide bonds. The number of ketones is 1. The average Bonchev–Trinajstić information content (AvgIpc) is 2.75. The Morgan fingerprint density at radius 3 is 2.14 bits per heavy atom. The number of carbonyl (C=O) groups is 1. The van der Waals surface area contributed by atoms with E-state index in [0.29, 0.717) is 22.5 Å². The van der Waals surface area contributed by atoms with Gasteiger partial charge < -0.3 is 5.32 Å². The fraction of sp³-hybridized carbons (Fsp3) is 0.208. The minimum absolute atomic E-state index is 0.00618. The second kappa shape index (κ2) is 9.64. The summed E-state index contributed by atoms with van der Waals surface area (Å²) in [5.74, 6) is -0.0395. The molecule has 0 radical (unpaired) electrons. The van der Waals surface area contributed by atoms with Gasteiger partial charge in [0.05, 0.1) is 4.92 Å². The van der Waals surface area contributed by atoms with Crippen LogP contribution in [0.15, 0.2) is 72.8 Å². The molecular weight excluding hydrogens is 364 g/mol. The Kier molecular flexibility index (Phi) is 6.74. The highest BCUT2D eigenvalue weighted by Gasteiger charge is 2.13. The zero-order chi connectivity index (χ0) is 20.6. The molecule has 0 aromatic heterocycles. The summed E-state index contributed by atoms with van der Waals surface area (Å²) < 4.78 is 0. The lowest BCUT2D eigenvalue weighted by atomic mass is 10.00. The van der Waals surface area contributed by atoms with Crippen LogP contribution >= 0.6 is 0 Å². The maximum absolute atomic E-state index is 12.7. The number of para-hydroxylation sites is 2. The predicted octanol–water partition coefficient (Wildman–Crippen LogP) is 6.30. The van der Waals surface area contributed by atoms with Crippen LogP contribution in [0.25, 0.3) is 0 Å². The third-order valence-electron chi connectivity index (χ3n) is 4.81. The molecule has 0 bridgehead atoms. The molecule has 0 spiro atoms. The lowest BCUT2D eigenvalue weighted by molar-refractivity contribution is -0.383. The summed E-state index contributed by atoms with van der Waals surface area (Å²) in [5, 5.41) is 14.2. The molecule has 148 valence electrons. The molecule has 5 heteroatoms. The zero-order valence-corrected chi connectivity index (χ0v) is 16.4. The van der Waals surface area contributed by atoms with Crippen molar-refractivity contribution in [1.29, 1.82) is 0 Å². The molecule has 0 unspecified atom stereocenters. The molecular formula is C24H24N2O3. The van der Waals surface area contributed by atoms with Crippen LogP contribution in [0.2, 0.25) is 0 Å². The second-order valence-electron chi connectivity index (χ2n) is 6.96. The number of nitrogens with one attached hydrogen (secondary N) is 1. The van der Waals surface area contributed by atoms with Crippen LogP contribution in [-0.4, -0.2) is 10.7 Å². The van der Waals surface area contributed by atoms with E-state index in [0.717, 1.165) is 12.8 Å². The van der Waals surface area contributed by atoms with Crippen molar-refractivity contribution in [2.45, 2.75) is 32.6 Å². The average molecular weight is 388 g/mol. The monoisotopic (exact) mass is 388 g/mol. The smallest absolute Gasteiger partial charge is 0.292 e. The minimum Gasteiger partial charge on any atom is -0.350 e. The summed E-state index contributed by atoms with van der Waals surface area (Å²) in [7, 11) is 0. The molecule has 0 atom stereocenters. The summed E-state index contributed by atoms with van der Waals surface area (Å²) in [6.07, 6.45) is 4.61. The predicted molar refractivity (Wildman–Crippen MR) is 116 cm³/mol. The molecule has 3 aromatic carbocycles. The van der Waals surface area contributed by atoms with E-state index in [9.17, 15) is 14.9 Å². The largest absolute Gasteiger partial charge is 0.350 e. The number of unbranched alkanes of at least 4 members (excludes halogenated alkanes) is 2. The van der Waals surface area contributed by atoms with Gasteiger partial charge in [-0.3, -0.25) is 14.9 Å². The van der Waals surface area contributed by atoms with E-state index < -0.39 is 4.92 Å². The number of hydrogen-bond donors (Lipinski definition) is 1. The number of benzene rings is 3. The van der Waals surface area contributed by atoms with Crippen LogP contribution < -0.4 is 5.32 Å². The lowest BCUT2D eigenvalue weighted by Gasteiger charge is -2.08.